The molecule has 1 N–H and O–H groups in total. The summed E-state index contributed by atoms with van der Waals surface area (Å²) >= 11 is 5.58. The van der Waals surface area contributed by atoms with Crippen molar-refractivity contribution in [3.05, 3.63) is 29.0 Å². The van der Waals surface area contributed by atoms with Gasteiger partial charge >= 0.3 is 0 Å². The van der Waals surface area contributed by atoms with Crippen molar-refractivity contribution < 1.29 is 9.18 Å². The van der Waals surface area contributed by atoms with Gasteiger partial charge in [-0.25, -0.2) is 4.39 Å². The van der Waals surface area contributed by atoms with Crippen molar-refractivity contribution in [1.29, 1.82) is 0 Å². The first-order valence-electron chi connectivity index (χ1n) is 4.80. The van der Waals surface area contributed by atoms with E-state index in [0.717, 1.165) is 6.42 Å². The van der Waals surface area contributed by atoms with Crippen LogP contribution in [0, 0.1) is 11.7 Å². The number of hydrogen-bond donors (Lipinski definition) is 1. The maximum atomic E-state index is 12.8. The van der Waals surface area contributed by atoms with Crippen LogP contribution in [0.1, 0.15) is 20.3 Å². The van der Waals surface area contributed by atoms with E-state index >= 15 is 0 Å². The SMILES string of the molecule is CC[C@@H](C)C(=O)Nc1ccc(F)c(Cl)c1. The molecule has 0 unspecified atom stereocenters. The van der Waals surface area contributed by atoms with Crippen molar-refractivity contribution in [3.63, 3.8) is 0 Å². The maximum absolute atomic E-state index is 12.8. The summed E-state index contributed by atoms with van der Waals surface area (Å²) in [4.78, 5) is 11.5. The zero-order valence-corrected chi connectivity index (χ0v) is 9.44. The molecule has 0 spiro atoms. The fraction of sp³-hybridized carbons (Fsp3) is 0.364. The van der Waals surface area contributed by atoms with E-state index in [0.29, 0.717) is 5.69 Å². The number of amides is 1. The summed E-state index contributed by atoms with van der Waals surface area (Å²) in [6, 6.07) is 4.12. The molecule has 1 amide bonds. The third kappa shape index (κ3) is 3.20. The van der Waals surface area contributed by atoms with Gasteiger partial charge in [-0.1, -0.05) is 25.4 Å². The first-order valence-corrected chi connectivity index (χ1v) is 5.18. The topological polar surface area (TPSA) is 29.1 Å². The van der Waals surface area contributed by atoms with Crippen LogP contribution in [0.5, 0.6) is 0 Å². The van der Waals surface area contributed by atoms with E-state index in [-0.39, 0.29) is 16.8 Å². The summed E-state index contributed by atoms with van der Waals surface area (Å²) in [7, 11) is 0. The summed E-state index contributed by atoms with van der Waals surface area (Å²) in [5.74, 6) is -0.632. The summed E-state index contributed by atoms with van der Waals surface area (Å²) in [5.41, 5.74) is 0.520. The second-order valence-corrected chi connectivity index (χ2v) is 3.83. The Bertz CT molecular complexity index is 368. The average Bonchev–Trinajstić information content (AvgIpc) is 2.22. The van der Waals surface area contributed by atoms with E-state index in [1.165, 1.54) is 18.2 Å². The molecule has 0 bridgehead atoms. The second-order valence-electron chi connectivity index (χ2n) is 3.43. The van der Waals surface area contributed by atoms with Crippen LogP contribution < -0.4 is 5.32 Å². The summed E-state index contributed by atoms with van der Waals surface area (Å²) in [5, 5.41) is 2.68. The van der Waals surface area contributed by atoms with Crippen molar-refractivity contribution in [1.82, 2.24) is 0 Å². The van der Waals surface area contributed by atoms with Gasteiger partial charge in [0.05, 0.1) is 5.02 Å². The van der Waals surface area contributed by atoms with Crippen LogP contribution in [-0.4, -0.2) is 5.91 Å². The molecule has 0 aliphatic carbocycles. The highest BCUT2D eigenvalue weighted by Crippen LogP contribution is 2.19. The first kappa shape index (κ1) is 12.0. The van der Waals surface area contributed by atoms with E-state index in [2.05, 4.69) is 5.32 Å². The lowest BCUT2D eigenvalue weighted by atomic mass is 10.1. The number of rotatable bonds is 3. The number of nitrogens with one attached hydrogen (secondary N) is 1. The van der Waals surface area contributed by atoms with Crippen LogP contribution in [0.15, 0.2) is 18.2 Å². The van der Waals surface area contributed by atoms with Crippen molar-refractivity contribution in [2.24, 2.45) is 5.92 Å². The monoisotopic (exact) mass is 229 g/mol. The van der Waals surface area contributed by atoms with Crippen molar-refractivity contribution in [3.8, 4) is 0 Å². The van der Waals surface area contributed by atoms with E-state index in [1.54, 1.807) is 0 Å². The number of hydrogen-bond acceptors (Lipinski definition) is 1. The lowest BCUT2D eigenvalue weighted by molar-refractivity contribution is -0.119. The molecule has 2 nitrogen and oxygen atoms in total. The molecule has 1 aromatic rings. The van der Waals surface area contributed by atoms with Crippen LogP contribution in [0.4, 0.5) is 10.1 Å². The average molecular weight is 230 g/mol. The Hall–Kier alpha value is -1.09. The molecule has 0 aliphatic heterocycles. The van der Waals surface area contributed by atoms with Crippen molar-refractivity contribution >= 4 is 23.2 Å². The molecule has 1 aromatic carbocycles. The molecule has 1 atom stereocenters. The Morgan fingerprint density at radius 2 is 2.27 bits per heavy atom. The molecular formula is C11H13ClFNO. The zero-order chi connectivity index (χ0) is 11.4. The summed E-state index contributed by atoms with van der Waals surface area (Å²) in [6.45, 7) is 3.77. The van der Waals surface area contributed by atoms with Gasteiger partial charge in [-0.2, -0.15) is 0 Å². The van der Waals surface area contributed by atoms with Crippen molar-refractivity contribution in [2.45, 2.75) is 20.3 Å². The van der Waals surface area contributed by atoms with Crippen LogP contribution >= 0.6 is 11.6 Å². The van der Waals surface area contributed by atoms with Gasteiger partial charge in [-0.3, -0.25) is 4.79 Å². The number of anilines is 1. The minimum atomic E-state index is -0.488. The smallest absolute Gasteiger partial charge is 0.227 e. The molecular weight excluding hydrogens is 217 g/mol. The molecule has 82 valence electrons. The van der Waals surface area contributed by atoms with E-state index in [9.17, 15) is 9.18 Å². The van der Waals surface area contributed by atoms with Crippen molar-refractivity contribution in [2.75, 3.05) is 5.32 Å². The number of carbonyl (C=O) groups excluding carboxylic acids is 1. The molecule has 0 fully saturated rings. The maximum Gasteiger partial charge on any atom is 0.227 e. The molecule has 4 heteroatoms. The minimum absolute atomic E-state index is 0.0111. The van der Waals surface area contributed by atoms with Crippen LogP contribution in [0.25, 0.3) is 0 Å². The Labute approximate surface area is 93.4 Å². The van der Waals surface area contributed by atoms with Crippen LogP contribution in [0.3, 0.4) is 0 Å². The predicted molar refractivity (Wildman–Crippen MR) is 59.5 cm³/mol. The summed E-state index contributed by atoms with van der Waals surface area (Å²) in [6.07, 6.45) is 0.765. The largest absolute Gasteiger partial charge is 0.326 e. The Balaban J connectivity index is 2.73. The lowest BCUT2D eigenvalue weighted by Gasteiger charge is -2.10. The number of halogens is 2. The van der Waals surface area contributed by atoms with E-state index in [4.69, 9.17) is 11.6 Å². The normalized spacial score (nSPS) is 12.3. The first-order chi connectivity index (χ1) is 7.04. The Kier molecular flexibility index (Phi) is 4.09. The zero-order valence-electron chi connectivity index (χ0n) is 8.68. The van der Waals surface area contributed by atoms with Gasteiger partial charge in [0.25, 0.3) is 0 Å². The Morgan fingerprint density at radius 3 is 2.80 bits per heavy atom. The fourth-order valence-electron chi connectivity index (χ4n) is 1.02. The van der Waals surface area contributed by atoms with Crippen LogP contribution in [-0.2, 0) is 4.79 Å². The van der Waals surface area contributed by atoms with Gasteiger partial charge in [0.1, 0.15) is 5.82 Å². The van der Waals surface area contributed by atoms with Gasteiger partial charge in [0.15, 0.2) is 0 Å². The van der Waals surface area contributed by atoms with Crippen LogP contribution in [0.2, 0.25) is 5.02 Å². The molecule has 15 heavy (non-hydrogen) atoms. The molecule has 0 heterocycles. The molecule has 0 radical (unpaired) electrons. The molecule has 0 aromatic heterocycles. The third-order valence-corrected chi connectivity index (χ3v) is 2.54. The summed E-state index contributed by atoms with van der Waals surface area (Å²) < 4.78 is 12.8. The van der Waals surface area contributed by atoms with Gasteiger partial charge < -0.3 is 5.32 Å². The second kappa shape index (κ2) is 5.12. The number of carbonyl (C=O) groups is 1. The van der Waals surface area contributed by atoms with Gasteiger partial charge in [0.2, 0.25) is 5.91 Å². The molecule has 0 aliphatic rings. The third-order valence-electron chi connectivity index (χ3n) is 2.25. The lowest BCUT2D eigenvalue weighted by Crippen LogP contribution is -2.19. The fourth-order valence-corrected chi connectivity index (χ4v) is 1.21. The predicted octanol–water partition coefficient (Wildman–Crippen LogP) is 3.46. The Morgan fingerprint density at radius 1 is 1.60 bits per heavy atom. The highest BCUT2D eigenvalue weighted by Gasteiger charge is 2.11. The standard InChI is InChI=1S/C11H13ClFNO/c1-3-7(2)11(15)14-8-4-5-10(13)9(12)6-8/h4-7H,3H2,1-2H3,(H,14,15)/t7-/m1/s1. The van der Waals surface area contributed by atoms with Gasteiger partial charge in [0, 0.05) is 11.6 Å². The molecule has 0 saturated carbocycles. The van der Waals surface area contributed by atoms with Gasteiger partial charge in [-0.05, 0) is 24.6 Å². The van der Waals surface area contributed by atoms with E-state index in [1.807, 2.05) is 13.8 Å². The molecule has 1 rings (SSSR count). The highest BCUT2D eigenvalue weighted by molar-refractivity contribution is 6.31. The molecule has 0 saturated heterocycles. The minimum Gasteiger partial charge on any atom is -0.326 e. The van der Waals surface area contributed by atoms with E-state index < -0.39 is 5.82 Å². The number of benzene rings is 1. The quantitative estimate of drug-likeness (QED) is 0.845. The highest BCUT2D eigenvalue weighted by atomic mass is 35.5. The van der Waals surface area contributed by atoms with Gasteiger partial charge in [-0.15, -0.1) is 0 Å².